The summed E-state index contributed by atoms with van der Waals surface area (Å²) in [7, 11) is -4.88. The van der Waals surface area contributed by atoms with Crippen LogP contribution in [0.1, 0.15) is 32.1 Å². The molecule has 9 rings (SSSR count). The van der Waals surface area contributed by atoms with Gasteiger partial charge in [-0.3, -0.25) is 47.6 Å². The van der Waals surface area contributed by atoms with Gasteiger partial charge in [0.25, 0.3) is 11.8 Å². The van der Waals surface area contributed by atoms with Gasteiger partial charge in [-0.1, -0.05) is 12.1 Å². The van der Waals surface area contributed by atoms with Crippen LogP contribution in [0.3, 0.4) is 0 Å². The number of anilines is 1. The fraction of sp³-hybridized carbons (Fsp3) is 0.255. The van der Waals surface area contributed by atoms with Gasteiger partial charge in [-0.25, -0.2) is 17.2 Å². The van der Waals surface area contributed by atoms with Crippen molar-refractivity contribution < 1.29 is 79.3 Å². The van der Waals surface area contributed by atoms with Crippen molar-refractivity contribution in [3.63, 3.8) is 0 Å². The van der Waals surface area contributed by atoms with Crippen LogP contribution in [-0.4, -0.2) is 125 Å². The van der Waals surface area contributed by atoms with Crippen molar-refractivity contribution >= 4 is 67.1 Å². The van der Waals surface area contributed by atoms with E-state index in [9.17, 15) is 54.5 Å². The molecule has 6 heterocycles. The molecule has 415 valence electrons. The predicted octanol–water partition coefficient (Wildman–Crippen LogP) is 5.78. The zero-order valence-corrected chi connectivity index (χ0v) is 45.1. The number of imide groups is 1. The van der Waals surface area contributed by atoms with Crippen LogP contribution in [0.5, 0.6) is 0 Å². The zero-order chi connectivity index (χ0) is 55.6. The van der Waals surface area contributed by atoms with Crippen LogP contribution < -0.4 is 20.9 Å². The number of hydrogen-bond donors (Lipinski definition) is 3. The first kappa shape index (κ1) is 60.3. The summed E-state index contributed by atoms with van der Waals surface area (Å²) >= 11 is 0. The number of carbonyl (C=O) groups is 5. The monoisotopic (exact) mass is 1280 g/mol. The Morgan fingerprint density at radius 3 is 1.97 bits per heavy atom. The number of nitrogens with one attached hydrogen (secondary N) is 3. The SMILES string of the molecule is Fc1c[c-]c(-c2cc(F)ccn2)cc1.Fc1c[c-]c(-c2cc(F)ccn2)cc1.O=C(CCCCNC(=O)C(CS(=O)(=O)[O-])NC(=O)C1CCCN1c1ccnc2c1ccc1cccnc12)NCCOCCN1C(=O)C=CC1=O.[Ir]. The molecule has 2 atom stereocenters. The number of aromatic nitrogens is 4. The summed E-state index contributed by atoms with van der Waals surface area (Å²) in [6.07, 6.45) is 10.5. The van der Waals surface area contributed by atoms with E-state index in [4.69, 9.17) is 4.74 Å². The fourth-order valence-corrected chi connectivity index (χ4v) is 8.86. The van der Waals surface area contributed by atoms with E-state index >= 15 is 0 Å². The molecule has 79 heavy (non-hydrogen) atoms. The molecule has 3 aromatic carbocycles. The molecule has 0 spiro atoms. The first-order valence-electron chi connectivity index (χ1n) is 24.4. The van der Waals surface area contributed by atoms with Crippen LogP contribution in [0.15, 0.2) is 128 Å². The third-order valence-electron chi connectivity index (χ3n) is 11.9. The average molecular weight is 1280 g/mol. The number of halogens is 4. The molecule has 18 nitrogen and oxygen atoms in total. The number of rotatable bonds is 19. The molecule has 0 saturated carbocycles. The van der Waals surface area contributed by atoms with E-state index in [1.54, 1.807) is 18.5 Å². The van der Waals surface area contributed by atoms with E-state index in [-0.39, 0.29) is 88.6 Å². The Balaban J connectivity index is 0.000000279. The number of unbranched alkanes of at least 4 members (excludes halogenated alkanes) is 1. The predicted molar refractivity (Wildman–Crippen MR) is 277 cm³/mol. The Morgan fingerprint density at radius 2 is 1.37 bits per heavy atom. The van der Waals surface area contributed by atoms with Crippen LogP contribution in [0.25, 0.3) is 44.3 Å². The molecule has 5 amide bonds. The normalized spacial score (nSPS) is 14.2. The molecule has 2 unspecified atom stereocenters. The molecular weight excluding hydrogens is 1230 g/mol. The minimum Gasteiger partial charge on any atom is -0.748 e. The molecule has 3 N–H and O–H groups in total. The van der Waals surface area contributed by atoms with Gasteiger partial charge in [-0.15, -0.1) is 59.7 Å². The summed E-state index contributed by atoms with van der Waals surface area (Å²) in [5.74, 6) is -5.01. The Morgan fingerprint density at radius 1 is 0.734 bits per heavy atom. The maximum atomic E-state index is 13.5. The van der Waals surface area contributed by atoms with Gasteiger partial charge < -0.3 is 40.1 Å². The maximum Gasteiger partial charge on any atom is 0.253 e. The van der Waals surface area contributed by atoms with Gasteiger partial charge in [0.05, 0.1) is 46.7 Å². The molecule has 1 radical (unpaired) electrons. The van der Waals surface area contributed by atoms with Crippen LogP contribution in [0, 0.1) is 35.4 Å². The minimum absolute atomic E-state index is 0. The van der Waals surface area contributed by atoms with Crippen LogP contribution in [-0.2, 0) is 58.9 Å². The third-order valence-corrected chi connectivity index (χ3v) is 12.7. The summed E-state index contributed by atoms with van der Waals surface area (Å²) in [4.78, 5) is 81.4. The van der Waals surface area contributed by atoms with E-state index in [0.29, 0.717) is 60.3 Å². The number of benzene rings is 3. The van der Waals surface area contributed by atoms with E-state index < -0.39 is 51.6 Å². The van der Waals surface area contributed by atoms with Gasteiger partial charge in [-0.2, -0.15) is 0 Å². The van der Waals surface area contributed by atoms with Gasteiger partial charge in [0.15, 0.2) is 0 Å². The number of ether oxygens (including phenoxy) is 1. The second-order valence-electron chi connectivity index (χ2n) is 17.4. The Bertz CT molecular complexity index is 3300. The van der Waals surface area contributed by atoms with Gasteiger partial charge in [-0.05, 0) is 79.5 Å². The zero-order valence-electron chi connectivity index (χ0n) is 41.9. The number of hydrogen-bond acceptors (Lipinski definition) is 14. The largest absolute Gasteiger partial charge is 0.748 e. The molecule has 7 aromatic rings. The standard InChI is InChI=1S/C33H39N7O9S.2C11H6F2N.Ir/c41-27(34-16-19-49-20-18-40-28(42)10-11-29(40)43)7-1-2-13-37-32(44)24(21-50(46,47)48)38-33(45)26-6-4-17-39(26)25-12-15-36-31-23(25)9-8-22-5-3-14-35-30(22)31;2*12-9-3-1-8(2-4-9)11-7-10(13)5-6-14-11;/h3,5,8-12,14-15,24,26H,1-2,4,6-7,13,16-21H2,(H,34,41)(H,37,44)(H,38,45)(H,46,47,48);2*1,3-7H;/q;2*-1;/p-1. The third kappa shape index (κ3) is 17.8. The van der Waals surface area contributed by atoms with E-state index in [1.165, 1.54) is 85.2 Å². The summed E-state index contributed by atoms with van der Waals surface area (Å²) in [5, 5.41) is 9.45. The molecule has 2 aliphatic heterocycles. The average Bonchev–Trinajstić information content (AvgIpc) is 4.06. The number of amides is 5. The summed E-state index contributed by atoms with van der Waals surface area (Å²) < 4.78 is 91.1. The summed E-state index contributed by atoms with van der Waals surface area (Å²) in [5.41, 5.74) is 4.19. The number of pyridine rings is 4. The Labute approximate surface area is 465 Å². The second-order valence-corrected chi connectivity index (χ2v) is 18.9. The van der Waals surface area contributed by atoms with E-state index in [2.05, 4.69) is 48.0 Å². The van der Waals surface area contributed by atoms with Crippen molar-refractivity contribution in [3.05, 3.63) is 163 Å². The molecule has 1 fully saturated rings. The fourth-order valence-electron chi connectivity index (χ4n) is 8.21. The van der Waals surface area contributed by atoms with Crippen molar-refractivity contribution in [2.75, 3.05) is 50.0 Å². The second kappa shape index (κ2) is 29.2. The van der Waals surface area contributed by atoms with Crippen molar-refractivity contribution in [2.45, 2.75) is 44.2 Å². The topological polar surface area (TPSA) is 246 Å². The molecule has 1 saturated heterocycles. The van der Waals surface area contributed by atoms with Gasteiger partial charge in [0.2, 0.25) is 17.7 Å². The maximum absolute atomic E-state index is 13.5. The van der Waals surface area contributed by atoms with Crippen molar-refractivity contribution in [1.82, 2.24) is 40.8 Å². The smallest absolute Gasteiger partial charge is 0.253 e. The summed E-state index contributed by atoms with van der Waals surface area (Å²) in [6, 6.07) is 25.5. The summed E-state index contributed by atoms with van der Waals surface area (Å²) in [6.45, 7) is 1.30. The van der Waals surface area contributed by atoms with Crippen LogP contribution in [0.4, 0.5) is 23.2 Å². The van der Waals surface area contributed by atoms with Crippen LogP contribution in [0.2, 0.25) is 0 Å². The molecule has 24 heteroatoms. The number of nitrogens with zero attached hydrogens (tertiary/aromatic N) is 6. The van der Waals surface area contributed by atoms with Gasteiger partial charge >= 0.3 is 0 Å². The Kier molecular flexibility index (Phi) is 22.3. The van der Waals surface area contributed by atoms with Crippen molar-refractivity contribution in [2.24, 2.45) is 0 Å². The minimum atomic E-state index is -4.88. The Hall–Kier alpha value is -7.89. The quantitative estimate of drug-likeness (QED) is 0.0217. The van der Waals surface area contributed by atoms with Gasteiger partial charge in [0.1, 0.15) is 23.7 Å². The first-order valence-corrected chi connectivity index (χ1v) is 26.0. The van der Waals surface area contributed by atoms with E-state index in [0.717, 1.165) is 26.9 Å². The number of fused-ring (bicyclic) bond motifs is 3. The van der Waals surface area contributed by atoms with Crippen molar-refractivity contribution in [3.8, 4) is 22.5 Å². The van der Waals surface area contributed by atoms with Crippen LogP contribution >= 0.6 is 0 Å². The van der Waals surface area contributed by atoms with Gasteiger partial charge in [0, 0.05) is 111 Å². The van der Waals surface area contributed by atoms with Crippen molar-refractivity contribution in [1.29, 1.82) is 0 Å². The number of carbonyl (C=O) groups excluding carboxylic acids is 5. The molecule has 0 bridgehead atoms. The molecular formula is C55H50F4IrN9O9S-3. The van der Waals surface area contributed by atoms with E-state index in [1.807, 2.05) is 29.2 Å². The molecule has 2 aliphatic rings. The first-order chi connectivity index (χ1) is 37.5. The molecule has 4 aromatic heterocycles. The molecule has 0 aliphatic carbocycles.